The number of rotatable bonds is 3. The molecule has 0 aliphatic heterocycles. The van der Waals surface area contributed by atoms with E-state index in [-0.39, 0.29) is 17.1 Å². The predicted molar refractivity (Wildman–Crippen MR) is 67.6 cm³/mol. The zero-order valence-corrected chi connectivity index (χ0v) is 11.1. The number of aryl methyl sites for hydroxylation is 2. The molecule has 0 fully saturated rings. The number of hydrogen-bond donors (Lipinski definition) is 2. The summed E-state index contributed by atoms with van der Waals surface area (Å²) < 4.78 is 44.8. The predicted octanol–water partition coefficient (Wildman–Crippen LogP) is 1.81. The molecule has 0 bridgehead atoms. The normalized spacial score (nSPS) is 11.5. The summed E-state index contributed by atoms with van der Waals surface area (Å²) in [5.74, 6) is -0.935. The fraction of sp³-hybridized carbons (Fsp3) is 0.182. The number of halogens is 1. The van der Waals surface area contributed by atoms with E-state index in [2.05, 4.69) is 9.88 Å². The molecule has 8 heteroatoms. The second-order valence-corrected chi connectivity index (χ2v) is 5.74. The highest BCUT2D eigenvalue weighted by molar-refractivity contribution is 7.92. The molecule has 0 atom stereocenters. The lowest BCUT2D eigenvalue weighted by molar-refractivity contribution is 0.430. The Morgan fingerprint density at radius 3 is 2.58 bits per heavy atom. The van der Waals surface area contributed by atoms with E-state index in [1.54, 1.807) is 6.92 Å². The quantitative estimate of drug-likeness (QED) is 0.838. The summed E-state index contributed by atoms with van der Waals surface area (Å²) in [7, 11) is -4.11. The van der Waals surface area contributed by atoms with Gasteiger partial charge in [0.1, 0.15) is 10.7 Å². The van der Waals surface area contributed by atoms with Crippen LogP contribution in [0.3, 0.4) is 0 Å². The van der Waals surface area contributed by atoms with Gasteiger partial charge in [0.2, 0.25) is 5.88 Å². The standard InChI is InChI=1S/C11H12FN3O3S/c1-6-3-8(13)5-9(11(6)12)19(16,17)15-10-4-7(2)14-18-10/h3-5,15H,13H2,1-2H3. The summed E-state index contributed by atoms with van der Waals surface area (Å²) in [6, 6.07) is 3.79. The van der Waals surface area contributed by atoms with Crippen molar-refractivity contribution in [2.45, 2.75) is 18.7 Å². The molecule has 3 N–H and O–H groups in total. The Bertz CT molecular complexity index is 725. The van der Waals surface area contributed by atoms with Crippen LogP contribution in [0.2, 0.25) is 0 Å². The molecule has 0 unspecified atom stereocenters. The van der Waals surface area contributed by atoms with E-state index in [0.717, 1.165) is 6.07 Å². The Labute approximate surface area is 109 Å². The van der Waals surface area contributed by atoms with Crippen LogP contribution >= 0.6 is 0 Å². The molecular formula is C11H12FN3O3S. The van der Waals surface area contributed by atoms with Crippen molar-refractivity contribution in [2.24, 2.45) is 0 Å². The Hall–Kier alpha value is -2.09. The molecule has 2 rings (SSSR count). The average molecular weight is 285 g/mol. The molecule has 0 saturated carbocycles. The van der Waals surface area contributed by atoms with Gasteiger partial charge in [-0.15, -0.1) is 0 Å². The zero-order chi connectivity index (χ0) is 14.2. The molecule has 0 saturated heterocycles. The molecule has 2 aromatic rings. The maximum Gasteiger partial charge on any atom is 0.267 e. The third kappa shape index (κ3) is 2.68. The molecule has 6 nitrogen and oxygen atoms in total. The number of sulfonamides is 1. The van der Waals surface area contributed by atoms with E-state index in [1.807, 2.05) is 0 Å². The third-order valence-electron chi connectivity index (χ3n) is 2.40. The van der Waals surface area contributed by atoms with Gasteiger partial charge in [-0.05, 0) is 31.5 Å². The van der Waals surface area contributed by atoms with Crippen LogP contribution in [-0.2, 0) is 10.0 Å². The van der Waals surface area contributed by atoms with E-state index in [4.69, 9.17) is 10.3 Å². The molecular weight excluding hydrogens is 273 g/mol. The molecule has 1 heterocycles. The lowest BCUT2D eigenvalue weighted by Gasteiger charge is -2.08. The van der Waals surface area contributed by atoms with Gasteiger partial charge in [-0.25, -0.2) is 17.5 Å². The van der Waals surface area contributed by atoms with E-state index >= 15 is 0 Å². The number of nitrogen functional groups attached to an aromatic ring is 1. The van der Waals surface area contributed by atoms with Crippen molar-refractivity contribution in [2.75, 3.05) is 10.5 Å². The van der Waals surface area contributed by atoms with Crippen molar-refractivity contribution in [1.82, 2.24) is 5.16 Å². The highest BCUT2D eigenvalue weighted by Gasteiger charge is 2.22. The third-order valence-corrected chi connectivity index (χ3v) is 3.74. The van der Waals surface area contributed by atoms with Gasteiger partial charge >= 0.3 is 0 Å². The van der Waals surface area contributed by atoms with Gasteiger partial charge in [0.15, 0.2) is 0 Å². The summed E-state index contributed by atoms with van der Waals surface area (Å²) >= 11 is 0. The van der Waals surface area contributed by atoms with Crippen LogP contribution in [0.25, 0.3) is 0 Å². The fourth-order valence-corrected chi connectivity index (χ4v) is 2.72. The lowest BCUT2D eigenvalue weighted by Crippen LogP contribution is -2.15. The first-order chi connectivity index (χ1) is 8.79. The molecule has 102 valence electrons. The van der Waals surface area contributed by atoms with Crippen LogP contribution in [-0.4, -0.2) is 13.6 Å². The van der Waals surface area contributed by atoms with Crippen LogP contribution in [0.4, 0.5) is 16.0 Å². The second-order valence-electron chi connectivity index (χ2n) is 4.09. The van der Waals surface area contributed by atoms with E-state index in [9.17, 15) is 12.8 Å². The smallest absolute Gasteiger partial charge is 0.267 e. The Kier molecular flexibility index (Phi) is 3.19. The summed E-state index contributed by atoms with van der Waals surface area (Å²) in [5, 5.41) is 3.53. The summed E-state index contributed by atoms with van der Waals surface area (Å²) in [4.78, 5) is -0.529. The summed E-state index contributed by atoms with van der Waals surface area (Å²) in [6.45, 7) is 3.07. The van der Waals surface area contributed by atoms with Gasteiger partial charge in [0.05, 0.1) is 5.69 Å². The van der Waals surface area contributed by atoms with E-state index < -0.39 is 20.7 Å². The molecule has 0 aliphatic carbocycles. The number of aromatic nitrogens is 1. The fourth-order valence-electron chi connectivity index (χ4n) is 1.56. The summed E-state index contributed by atoms with van der Waals surface area (Å²) in [5.41, 5.74) is 6.34. The van der Waals surface area contributed by atoms with Crippen LogP contribution in [0.1, 0.15) is 11.3 Å². The van der Waals surface area contributed by atoms with Crippen LogP contribution < -0.4 is 10.5 Å². The highest BCUT2D eigenvalue weighted by atomic mass is 32.2. The van der Waals surface area contributed by atoms with Gasteiger partial charge in [-0.2, -0.15) is 0 Å². The van der Waals surface area contributed by atoms with Crippen molar-refractivity contribution in [3.05, 3.63) is 35.3 Å². The Morgan fingerprint density at radius 2 is 2.00 bits per heavy atom. The minimum Gasteiger partial charge on any atom is -0.399 e. The van der Waals surface area contributed by atoms with Crippen molar-refractivity contribution < 1.29 is 17.3 Å². The van der Waals surface area contributed by atoms with Gasteiger partial charge in [0.25, 0.3) is 10.0 Å². The number of nitrogens with two attached hydrogens (primary N) is 1. The minimum absolute atomic E-state index is 0.0861. The number of nitrogens with zero attached hydrogens (tertiary/aromatic N) is 1. The average Bonchev–Trinajstić information content (AvgIpc) is 2.68. The molecule has 0 radical (unpaired) electrons. The van der Waals surface area contributed by atoms with Crippen LogP contribution in [0.5, 0.6) is 0 Å². The number of anilines is 2. The number of benzene rings is 1. The van der Waals surface area contributed by atoms with Crippen molar-refractivity contribution in [1.29, 1.82) is 0 Å². The molecule has 1 aromatic carbocycles. The van der Waals surface area contributed by atoms with Crippen molar-refractivity contribution in [3.63, 3.8) is 0 Å². The second kappa shape index (κ2) is 4.54. The Morgan fingerprint density at radius 1 is 1.32 bits per heavy atom. The van der Waals surface area contributed by atoms with Crippen molar-refractivity contribution in [3.8, 4) is 0 Å². The van der Waals surface area contributed by atoms with Gasteiger partial charge in [-0.3, -0.25) is 0 Å². The number of hydrogen-bond acceptors (Lipinski definition) is 5. The van der Waals surface area contributed by atoms with Gasteiger partial charge < -0.3 is 10.3 Å². The maximum atomic E-state index is 13.9. The topological polar surface area (TPSA) is 98.2 Å². The summed E-state index contributed by atoms with van der Waals surface area (Å²) in [6.07, 6.45) is 0. The van der Waals surface area contributed by atoms with Crippen LogP contribution in [0.15, 0.2) is 27.6 Å². The molecule has 0 aliphatic rings. The monoisotopic (exact) mass is 285 g/mol. The number of nitrogens with one attached hydrogen (secondary N) is 1. The largest absolute Gasteiger partial charge is 0.399 e. The molecule has 0 amide bonds. The first-order valence-corrected chi connectivity index (χ1v) is 6.79. The van der Waals surface area contributed by atoms with E-state index in [0.29, 0.717) is 5.69 Å². The molecule has 19 heavy (non-hydrogen) atoms. The highest BCUT2D eigenvalue weighted by Crippen LogP contribution is 2.24. The van der Waals surface area contributed by atoms with Gasteiger partial charge in [0, 0.05) is 11.8 Å². The lowest BCUT2D eigenvalue weighted by atomic mass is 10.2. The van der Waals surface area contributed by atoms with Gasteiger partial charge in [-0.1, -0.05) is 5.16 Å². The SMILES string of the molecule is Cc1cc(NS(=O)(=O)c2cc(N)cc(C)c2F)on1. The van der Waals surface area contributed by atoms with E-state index in [1.165, 1.54) is 19.1 Å². The first kappa shape index (κ1) is 13.3. The minimum atomic E-state index is -4.11. The first-order valence-electron chi connectivity index (χ1n) is 5.31. The Balaban J connectivity index is 2.45. The zero-order valence-electron chi connectivity index (χ0n) is 10.3. The van der Waals surface area contributed by atoms with Crippen molar-refractivity contribution >= 4 is 21.6 Å². The van der Waals surface area contributed by atoms with Crippen LogP contribution in [0, 0.1) is 19.7 Å². The molecule has 1 aromatic heterocycles. The molecule has 0 spiro atoms. The maximum absolute atomic E-state index is 13.9.